The van der Waals surface area contributed by atoms with Crippen molar-refractivity contribution in [3.05, 3.63) is 94.0 Å². The predicted octanol–water partition coefficient (Wildman–Crippen LogP) is 4.62. The van der Waals surface area contributed by atoms with Gasteiger partial charge in [-0.15, -0.1) is 0 Å². The molecule has 0 bridgehead atoms. The molecule has 12 nitrogen and oxygen atoms in total. The fourth-order valence-electron chi connectivity index (χ4n) is 4.54. The Morgan fingerprint density at radius 1 is 0.843 bits per heavy atom. The van der Waals surface area contributed by atoms with Crippen molar-refractivity contribution in [1.29, 1.82) is 0 Å². The van der Waals surface area contributed by atoms with E-state index in [1.165, 1.54) is 18.2 Å². The molecule has 0 radical (unpaired) electrons. The number of esters is 1. The molecule has 3 rings (SSSR count). The molecule has 7 N–H and O–H groups in total. The Balaban J connectivity index is 0.00000116. The number of carbonyl (C=O) groups is 6. The Morgan fingerprint density at radius 2 is 1.41 bits per heavy atom. The molecule has 3 aromatic carbocycles. The van der Waals surface area contributed by atoms with Gasteiger partial charge < -0.3 is 31.7 Å². The van der Waals surface area contributed by atoms with Gasteiger partial charge in [0.15, 0.2) is 23.7 Å². The number of hydrogen-bond donors (Lipinski definition) is 5. The highest BCUT2D eigenvalue weighted by molar-refractivity contribution is 6.39. The summed E-state index contributed by atoms with van der Waals surface area (Å²) in [6.45, 7) is -0.606. The Bertz CT molecular complexity index is 1710. The molecular formula is C34H34Cl2F3N3O9. The second-order valence-corrected chi connectivity index (χ2v) is 11.7. The lowest BCUT2D eigenvalue weighted by Crippen LogP contribution is -2.62. The third-order valence-electron chi connectivity index (χ3n) is 7.21. The quantitative estimate of drug-likeness (QED) is 0.0772. The summed E-state index contributed by atoms with van der Waals surface area (Å²) in [5, 5.41) is 18.9. The van der Waals surface area contributed by atoms with Crippen LogP contribution in [0.2, 0.25) is 10.0 Å². The van der Waals surface area contributed by atoms with Crippen LogP contribution in [0.3, 0.4) is 0 Å². The molecule has 0 fully saturated rings. The van der Waals surface area contributed by atoms with Gasteiger partial charge in [-0.1, -0.05) is 83.9 Å². The van der Waals surface area contributed by atoms with Crippen LogP contribution in [0.25, 0.3) is 11.1 Å². The minimum absolute atomic E-state index is 0.0110. The highest BCUT2D eigenvalue weighted by Gasteiger charge is 2.43. The smallest absolute Gasteiger partial charge is 0.481 e. The number of Topliss-reactive ketones (excluding diaryl/α,β-unsaturated/α-hetero) is 2. The molecular weight excluding hydrogens is 722 g/mol. The first-order valence-electron chi connectivity index (χ1n) is 15.0. The zero-order valence-corrected chi connectivity index (χ0v) is 28.3. The number of ketones is 2. The van der Waals surface area contributed by atoms with E-state index in [2.05, 4.69) is 5.32 Å². The minimum Gasteiger partial charge on any atom is -0.481 e. The standard InChI is InChI=1S/C32H33Cl2N3O7.C2HF3O2/c33-23-13-8-14-24(34)29(23)30(42)44-19-26(38)25(18-28(40)41)37-31(43)32(36,15-6-7-16-35)27(39)17-21-11-4-5-12-22(21)20-9-2-1-3-10-20;3-2(4,5)1(6)7/h1-5,8-14,25H,6-7,15-19,35-36H2,(H,37,43)(H,40,41);(H,6,7)/t25-,32+;/m0./s1. The van der Waals surface area contributed by atoms with E-state index in [0.29, 0.717) is 24.9 Å². The van der Waals surface area contributed by atoms with Crippen LogP contribution in [-0.2, 0) is 35.1 Å². The second kappa shape index (κ2) is 19.5. The maximum Gasteiger partial charge on any atom is 0.490 e. The summed E-state index contributed by atoms with van der Waals surface area (Å²) in [7, 11) is 0. The number of carbonyl (C=O) groups excluding carboxylic acids is 4. The van der Waals surface area contributed by atoms with E-state index in [1.807, 2.05) is 42.5 Å². The van der Waals surface area contributed by atoms with Gasteiger partial charge in [-0.05, 0) is 54.6 Å². The van der Waals surface area contributed by atoms with Crippen LogP contribution in [0.5, 0.6) is 0 Å². The maximum absolute atomic E-state index is 13.8. The summed E-state index contributed by atoms with van der Waals surface area (Å²) in [5.74, 6) is -7.79. The molecule has 0 aliphatic carbocycles. The third kappa shape index (κ3) is 12.8. The molecule has 0 saturated carbocycles. The van der Waals surface area contributed by atoms with Crippen molar-refractivity contribution in [2.24, 2.45) is 11.5 Å². The molecule has 274 valence electrons. The Morgan fingerprint density at radius 3 is 1.96 bits per heavy atom. The molecule has 17 heteroatoms. The number of benzene rings is 3. The molecule has 3 aromatic rings. The lowest BCUT2D eigenvalue weighted by molar-refractivity contribution is -0.192. The van der Waals surface area contributed by atoms with Crippen LogP contribution in [0.4, 0.5) is 13.2 Å². The number of unbranched alkanes of at least 4 members (excludes halogenated alkanes) is 1. The number of aliphatic carboxylic acids is 2. The second-order valence-electron chi connectivity index (χ2n) is 10.9. The first-order chi connectivity index (χ1) is 23.9. The van der Waals surface area contributed by atoms with E-state index in [4.69, 9.17) is 49.3 Å². The molecule has 51 heavy (non-hydrogen) atoms. The van der Waals surface area contributed by atoms with Gasteiger partial charge in [0.05, 0.1) is 22.0 Å². The largest absolute Gasteiger partial charge is 0.490 e. The van der Waals surface area contributed by atoms with Crippen LogP contribution in [0.1, 0.15) is 41.6 Å². The fourth-order valence-corrected chi connectivity index (χ4v) is 5.09. The lowest BCUT2D eigenvalue weighted by atomic mass is 9.83. The summed E-state index contributed by atoms with van der Waals surface area (Å²) < 4.78 is 36.8. The molecule has 0 saturated heterocycles. The average molecular weight is 757 g/mol. The fraction of sp³-hybridized carbons (Fsp3) is 0.294. The lowest BCUT2D eigenvalue weighted by Gasteiger charge is -2.29. The van der Waals surface area contributed by atoms with Gasteiger partial charge in [-0.2, -0.15) is 13.2 Å². The van der Waals surface area contributed by atoms with Crippen molar-refractivity contribution in [1.82, 2.24) is 5.32 Å². The van der Waals surface area contributed by atoms with Crippen LogP contribution in [0.15, 0.2) is 72.8 Å². The Labute approximate surface area is 299 Å². The van der Waals surface area contributed by atoms with E-state index >= 15 is 0 Å². The summed E-state index contributed by atoms with van der Waals surface area (Å²) in [6.07, 6.45) is -5.45. The SMILES string of the molecule is NCCCC[C@@](N)(C(=O)Cc1ccccc1-c1ccccc1)C(=O)N[C@@H](CC(=O)O)C(=O)COC(=O)c1c(Cl)cccc1Cl.O=C(O)C(F)(F)F. The van der Waals surface area contributed by atoms with E-state index in [0.717, 1.165) is 11.1 Å². The normalized spacial score (nSPS) is 12.7. The molecule has 0 aromatic heterocycles. The van der Waals surface area contributed by atoms with E-state index in [1.54, 1.807) is 12.1 Å². The highest BCUT2D eigenvalue weighted by atomic mass is 35.5. The summed E-state index contributed by atoms with van der Waals surface area (Å²) >= 11 is 12.0. The molecule has 0 heterocycles. The van der Waals surface area contributed by atoms with Gasteiger partial charge in [0.1, 0.15) is 6.04 Å². The monoisotopic (exact) mass is 755 g/mol. The number of nitrogens with two attached hydrogens (primary N) is 2. The van der Waals surface area contributed by atoms with Gasteiger partial charge in [0, 0.05) is 6.42 Å². The number of carboxylic acid groups (broad SMARTS) is 2. The van der Waals surface area contributed by atoms with Crippen molar-refractivity contribution < 1.29 is 56.9 Å². The van der Waals surface area contributed by atoms with Crippen LogP contribution < -0.4 is 16.8 Å². The summed E-state index contributed by atoms with van der Waals surface area (Å²) in [6, 6.07) is 19.2. The van der Waals surface area contributed by atoms with E-state index < -0.39 is 66.2 Å². The van der Waals surface area contributed by atoms with Crippen molar-refractivity contribution in [2.45, 2.75) is 49.9 Å². The Kier molecular flexibility index (Phi) is 16.2. The zero-order chi connectivity index (χ0) is 38.4. The predicted molar refractivity (Wildman–Crippen MR) is 180 cm³/mol. The maximum atomic E-state index is 13.8. The van der Waals surface area contributed by atoms with Gasteiger partial charge >= 0.3 is 24.1 Å². The van der Waals surface area contributed by atoms with Crippen LogP contribution >= 0.6 is 23.2 Å². The number of carboxylic acids is 2. The van der Waals surface area contributed by atoms with Crippen LogP contribution in [-0.4, -0.2) is 76.5 Å². The number of hydrogen-bond acceptors (Lipinski definition) is 9. The Hall–Kier alpha value is -4.83. The summed E-state index contributed by atoms with van der Waals surface area (Å²) in [5.41, 5.74) is 12.1. The van der Waals surface area contributed by atoms with Crippen molar-refractivity contribution >= 4 is 58.6 Å². The number of amides is 1. The number of alkyl halides is 3. The van der Waals surface area contributed by atoms with Crippen molar-refractivity contribution in [3.8, 4) is 11.1 Å². The topological polar surface area (TPSA) is 216 Å². The number of halogens is 5. The van der Waals surface area contributed by atoms with Crippen molar-refractivity contribution in [3.63, 3.8) is 0 Å². The molecule has 1 amide bonds. The average Bonchev–Trinajstić information content (AvgIpc) is 3.07. The molecule has 0 unspecified atom stereocenters. The van der Waals surface area contributed by atoms with Gasteiger partial charge in [0.2, 0.25) is 5.91 Å². The highest BCUT2D eigenvalue weighted by Crippen LogP contribution is 2.27. The molecule has 0 spiro atoms. The van der Waals surface area contributed by atoms with Crippen molar-refractivity contribution in [2.75, 3.05) is 13.2 Å². The molecule has 0 aliphatic rings. The van der Waals surface area contributed by atoms with E-state index in [9.17, 15) is 42.3 Å². The zero-order valence-electron chi connectivity index (χ0n) is 26.8. The van der Waals surface area contributed by atoms with Gasteiger partial charge in [-0.25, -0.2) is 9.59 Å². The minimum atomic E-state index is -5.08. The first kappa shape index (κ1) is 42.3. The molecule has 0 aliphatic heterocycles. The van der Waals surface area contributed by atoms with Crippen LogP contribution in [0, 0.1) is 0 Å². The first-order valence-corrected chi connectivity index (χ1v) is 15.8. The van der Waals surface area contributed by atoms with Gasteiger partial charge in [0.25, 0.3) is 0 Å². The number of rotatable bonds is 16. The van der Waals surface area contributed by atoms with E-state index in [-0.39, 0.29) is 28.5 Å². The molecule has 2 atom stereocenters. The number of ether oxygens (including phenoxy) is 1. The third-order valence-corrected chi connectivity index (χ3v) is 7.84. The summed E-state index contributed by atoms with van der Waals surface area (Å²) in [4.78, 5) is 73.4. The number of nitrogens with one attached hydrogen (secondary N) is 1. The van der Waals surface area contributed by atoms with Gasteiger partial charge in [-0.3, -0.25) is 19.2 Å².